The quantitative estimate of drug-likeness (QED) is 0.825. The van der Waals surface area contributed by atoms with Crippen LogP contribution in [0.25, 0.3) is 0 Å². The number of carboxylic acid groups (broad SMARTS) is 1. The average Bonchev–Trinajstić information content (AvgIpc) is 2.30. The minimum absolute atomic E-state index is 0.207. The number of rotatable bonds is 2. The van der Waals surface area contributed by atoms with Crippen molar-refractivity contribution in [3.8, 4) is 0 Å². The molecule has 0 radical (unpaired) electrons. The summed E-state index contributed by atoms with van der Waals surface area (Å²) >= 11 is 0. The monoisotopic (exact) mass is 225 g/mol. The lowest BCUT2D eigenvalue weighted by atomic mass is 9.74. The molecule has 1 N–H and O–H groups in total. The van der Waals surface area contributed by atoms with Crippen LogP contribution in [0.5, 0.6) is 0 Å². The van der Waals surface area contributed by atoms with Crippen LogP contribution in [0, 0.1) is 5.82 Å². The van der Waals surface area contributed by atoms with Gasteiger partial charge in [-0.05, 0) is 18.9 Å². The molecule has 1 fully saturated rings. The molecule has 0 atom stereocenters. The van der Waals surface area contributed by atoms with E-state index in [1.807, 2.05) is 0 Å². The lowest BCUT2D eigenvalue weighted by molar-refractivity contribution is -0.148. The molecule has 0 spiro atoms. The van der Waals surface area contributed by atoms with Gasteiger partial charge in [0.05, 0.1) is 11.6 Å². The Morgan fingerprint density at radius 2 is 2.19 bits per heavy atom. The third kappa shape index (κ3) is 1.67. The molecule has 16 heavy (non-hydrogen) atoms. The highest BCUT2D eigenvalue weighted by molar-refractivity contribution is 5.81. The van der Waals surface area contributed by atoms with Gasteiger partial charge in [-0.15, -0.1) is 0 Å². The Balaban J connectivity index is 2.47. The zero-order valence-electron chi connectivity index (χ0n) is 8.65. The third-order valence-corrected chi connectivity index (χ3v) is 3.04. The van der Waals surface area contributed by atoms with Crippen molar-refractivity contribution in [1.29, 1.82) is 0 Å². The molecule has 1 saturated heterocycles. The van der Waals surface area contributed by atoms with Crippen LogP contribution in [0.15, 0.2) is 18.5 Å². The molecule has 0 aromatic carbocycles. The Kier molecular flexibility index (Phi) is 2.87. The first-order chi connectivity index (χ1) is 7.67. The molecule has 0 amide bonds. The maximum atomic E-state index is 13.6. The fourth-order valence-electron chi connectivity index (χ4n) is 2.08. The van der Waals surface area contributed by atoms with Crippen LogP contribution in [0.4, 0.5) is 4.39 Å². The van der Waals surface area contributed by atoms with Gasteiger partial charge in [0.2, 0.25) is 0 Å². The first kappa shape index (κ1) is 11.0. The maximum absolute atomic E-state index is 13.6. The number of hydrogen-bond donors (Lipinski definition) is 1. The Morgan fingerprint density at radius 3 is 2.75 bits per heavy atom. The van der Waals surface area contributed by atoms with E-state index in [4.69, 9.17) is 4.74 Å². The summed E-state index contributed by atoms with van der Waals surface area (Å²) in [4.78, 5) is 15.0. The highest BCUT2D eigenvalue weighted by atomic mass is 19.1. The van der Waals surface area contributed by atoms with Gasteiger partial charge in [0.15, 0.2) is 0 Å². The van der Waals surface area contributed by atoms with Gasteiger partial charge >= 0.3 is 5.97 Å². The first-order valence-electron chi connectivity index (χ1n) is 5.08. The van der Waals surface area contributed by atoms with E-state index in [1.54, 1.807) is 0 Å². The SMILES string of the molecule is O=C(O)C1(c2ccncc2F)CCOCC1. The average molecular weight is 225 g/mol. The molecule has 2 rings (SSSR count). The van der Waals surface area contributed by atoms with Crippen LogP contribution in [-0.2, 0) is 14.9 Å². The molecule has 1 aromatic rings. The van der Waals surface area contributed by atoms with Crippen LogP contribution in [-0.4, -0.2) is 29.3 Å². The van der Waals surface area contributed by atoms with Crippen LogP contribution in [0.1, 0.15) is 18.4 Å². The summed E-state index contributed by atoms with van der Waals surface area (Å²) in [6.45, 7) is 0.683. The van der Waals surface area contributed by atoms with Crippen molar-refractivity contribution >= 4 is 5.97 Å². The summed E-state index contributed by atoms with van der Waals surface area (Å²) in [6.07, 6.45) is 3.06. The van der Waals surface area contributed by atoms with Crippen molar-refractivity contribution in [3.05, 3.63) is 29.8 Å². The molecule has 4 nitrogen and oxygen atoms in total. The van der Waals surface area contributed by atoms with E-state index in [1.165, 1.54) is 12.3 Å². The highest BCUT2D eigenvalue weighted by Gasteiger charge is 2.43. The van der Waals surface area contributed by atoms with Crippen LogP contribution >= 0.6 is 0 Å². The van der Waals surface area contributed by atoms with Gasteiger partial charge in [-0.2, -0.15) is 0 Å². The number of aromatic nitrogens is 1. The number of pyridine rings is 1. The first-order valence-corrected chi connectivity index (χ1v) is 5.08. The van der Waals surface area contributed by atoms with E-state index in [0.29, 0.717) is 26.1 Å². The molecule has 1 aliphatic rings. The number of halogens is 1. The zero-order chi connectivity index (χ0) is 11.6. The topological polar surface area (TPSA) is 59.4 Å². The lowest BCUT2D eigenvalue weighted by Gasteiger charge is -2.33. The van der Waals surface area contributed by atoms with Crippen molar-refractivity contribution in [2.24, 2.45) is 0 Å². The zero-order valence-corrected chi connectivity index (χ0v) is 8.65. The third-order valence-electron chi connectivity index (χ3n) is 3.04. The van der Waals surface area contributed by atoms with Crippen LogP contribution in [0.3, 0.4) is 0 Å². The van der Waals surface area contributed by atoms with E-state index >= 15 is 0 Å². The van der Waals surface area contributed by atoms with Gasteiger partial charge in [-0.1, -0.05) is 0 Å². The molecule has 5 heteroatoms. The second-order valence-electron chi connectivity index (χ2n) is 3.86. The standard InChI is InChI=1S/C11H12FNO3/c12-9-7-13-4-1-8(9)11(10(14)15)2-5-16-6-3-11/h1,4,7H,2-3,5-6H2,(H,14,15). The normalized spacial score (nSPS) is 19.3. The van der Waals surface area contributed by atoms with Gasteiger partial charge in [0, 0.05) is 25.0 Å². The van der Waals surface area contributed by atoms with Gasteiger partial charge in [-0.25, -0.2) is 4.39 Å². The smallest absolute Gasteiger partial charge is 0.314 e. The Morgan fingerprint density at radius 1 is 1.50 bits per heavy atom. The Bertz CT molecular complexity index is 402. The molecule has 2 heterocycles. The van der Waals surface area contributed by atoms with E-state index < -0.39 is 17.2 Å². The van der Waals surface area contributed by atoms with Gasteiger partial charge in [0.25, 0.3) is 0 Å². The molecule has 1 aliphatic heterocycles. The maximum Gasteiger partial charge on any atom is 0.314 e. The fourth-order valence-corrected chi connectivity index (χ4v) is 2.08. The minimum atomic E-state index is -1.16. The summed E-state index contributed by atoms with van der Waals surface area (Å²) in [5, 5.41) is 9.32. The lowest BCUT2D eigenvalue weighted by Crippen LogP contribution is -2.42. The van der Waals surface area contributed by atoms with Crippen LogP contribution in [0.2, 0.25) is 0 Å². The number of nitrogens with zero attached hydrogens (tertiary/aromatic N) is 1. The Hall–Kier alpha value is -1.49. The molecular formula is C11H12FNO3. The number of ether oxygens (including phenoxy) is 1. The van der Waals surface area contributed by atoms with Gasteiger partial charge in [0.1, 0.15) is 5.82 Å². The van der Waals surface area contributed by atoms with Crippen molar-refractivity contribution in [2.45, 2.75) is 18.3 Å². The number of carboxylic acids is 1. The second-order valence-corrected chi connectivity index (χ2v) is 3.86. The molecule has 0 bridgehead atoms. The van der Waals surface area contributed by atoms with E-state index in [9.17, 15) is 14.3 Å². The molecule has 86 valence electrons. The van der Waals surface area contributed by atoms with Crippen molar-refractivity contribution in [2.75, 3.05) is 13.2 Å². The minimum Gasteiger partial charge on any atom is -0.481 e. The van der Waals surface area contributed by atoms with E-state index in [0.717, 1.165) is 6.20 Å². The number of carbonyl (C=O) groups is 1. The summed E-state index contributed by atoms with van der Waals surface area (Å²) in [5.41, 5.74) is -0.955. The van der Waals surface area contributed by atoms with Gasteiger partial charge < -0.3 is 9.84 Å². The predicted molar refractivity (Wildman–Crippen MR) is 53.6 cm³/mol. The molecule has 1 aromatic heterocycles. The van der Waals surface area contributed by atoms with Gasteiger partial charge in [-0.3, -0.25) is 9.78 Å². The number of aliphatic carboxylic acids is 1. The molecule has 0 unspecified atom stereocenters. The predicted octanol–water partition coefficient (Wildman–Crippen LogP) is 1.35. The Labute approximate surface area is 92.1 Å². The van der Waals surface area contributed by atoms with Crippen molar-refractivity contribution < 1.29 is 19.0 Å². The fraction of sp³-hybridized carbons (Fsp3) is 0.455. The highest BCUT2D eigenvalue weighted by Crippen LogP contribution is 2.36. The summed E-state index contributed by atoms with van der Waals surface area (Å²) in [6, 6.07) is 1.44. The molecule has 0 aliphatic carbocycles. The van der Waals surface area contributed by atoms with Crippen LogP contribution < -0.4 is 0 Å². The summed E-state index contributed by atoms with van der Waals surface area (Å²) < 4.78 is 18.7. The summed E-state index contributed by atoms with van der Waals surface area (Å²) in [7, 11) is 0. The van der Waals surface area contributed by atoms with E-state index in [-0.39, 0.29) is 5.56 Å². The molecular weight excluding hydrogens is 213 g/mol. The molecule has 0 saturated carbocycles. The van der Waals surface area contributed by atoms with Crippen molar-refractivity contribution in [1.82, 2.24) is 4.98 Å². The van der Waals surface area contributed by atoms with Crippen molar-refractivity contribution in [3.63, 3.8) is 0 Å². The summed E-state index contributed by atoms with van der Waals surface area (Å²) in [5.74, 6) is -1.56. The second kappa shape index (κ2) is 4.17. The largest absolute Gasteiger partial charge is 0.481 e. The number of hydrogen-bond acceptors (Lipinski definition) is 3. The van der Waals surface area contributed by atoms with E-state index in [2.05, 4.69) is 4.98 Å².